The molecule has 0 spiro atoms. The standard InChI is InChI=1S/C14H18N4O3/c1-20-13-9-11(14(15)17-19)3-4-12(13)21-8-2-6-18-7-5-16-10-18/h3-5,7,9-10,19H,2,6,8H2,1H3,(H2,15,17). The van der Waals surface area contributed by atoms with Gasteiger partial charge in [0.15, 0.2) is 17.3 Å². The fourth-order valence-electron chi connectivity index (χ4n) is 1.85. The molecule has 3 N–H and O–H groups in total. The van der Waals surface area contributed by atoms with Crippen LogP contribution in [0.3, 0.4) is 0 Å². The first kappa shape index (κ1) is 14.7. The summed E-state index contributed by atoms with van der Waals surface area (Å²) in [7, 11) is 1.55. The number of nitrogens with zero attached hydrogens (tertiary/aromatic N) is 3. The lowest BCUT2D eigenvalue weighted by Gasteiger charge is -2.12. The van der Waals surface area contributed by atoms with Crippen molar-refractivity contribution in [1.29, 1.82) is 0 Å². The highest BCUT2D eigenvalue weighted by atomic mass is 16.5. The van der Waals surface area contributed by atoms with Crippen LogP contribution < -0.4 is 15.2 Å². The van der Waals surface area contributed by atoms with Gasteiger partial charge in [0.1, 0.15) is 0 Å². The number of aromatic nitrogens is 2. The molecule has 2 aromatic rings. The van der Waals surface area contributed by atoms with Gasteiger partial charge in [0.2, 0.25) is 0 Å². The Morgan fingerprint density at radius 3 is 2.95 bits per heavy atom. The highest BCUT2D eigenvalue weighted by molar-refractivity contribution is 5.97. The lowest BCUT2D eigenvalue weighted by Crippen LogP contribution is -2.13. The van der Waals surface area contributed by atoms with Crippen molar-refractivity contribution in [2.45, 2.75) is 13.0 Å². The second kappa shape index (κ2) is 7.18. The number of ether oxygens (including phenoxy) is 2. The summed E-state index contributed by atoms with van der Waals surface area (Å²) >= 11 is 0. The summed E-state index contributed by atoms with van der Waals surface area (Å²) < 4.78 is 12.9. The molecule has 0 aliphatic carbocycles. The molecular weight excluding hydrogens is 272 g/mol. The third kappa shape index (κ3) is 3.88. The maximum atomic E-state index is 8.67. The van der Waals surface area contributed by atoms with Crippen LogP contribution in [0, 0.1) is 0 Å². The molecule has 0 saturated carbocycles. The zero-order chi connectivity index (χ0) is 15.1. The second-order valence-corrected chi connectivity index (χ2v) is 4.35. The van der Waals surface area contributed by atoms with E-state index in [1.807, 2.05) is 10.8 Å². The van der Waals surface area contributed by atoms with Gasteiger partial charge in [-0.1, -0.05) is 5.16 Å². The predicted octanol–water partition coefficient (Wildman–Crippen LogP) is 1.46. The van der Waals surface area contributed by atoms with E-state index >= 15 is 0 Å². The van der Waals surface area contributed by atoms with E-state index in [1.54, 1.807) is 37.8 Å². The molecule has 0 saturated heterocycles. The van der Waals surface area contributed by atoms with E-state index in [4.69, 9.17) is 20.4 Å². The van der Waals surface area contributed by atoms with Crippen LogP contribution in [0.1, 0.15) is 12.0 Å². The molecule has 1 aromatic carbocycles. The first-order valence-corrected chi connectivity index (χ1v) is 6.49. The molecule has 7 nitrogen and oxygen atoms in total. The highest BCUT2D eigenvalue weighted by Gasteiger charge is 2.08. The molecule has 21 heavy (non-hydrogen) atoms. The number of aryl methyl sites for hydroxylation is 1. The van der Waals surface area contributed by atoms with Gasteiger partial charge in [0, 0.05) is 24.5 Å². The summed E-state index contributed by atoms with van der Waals surface area (Å²) in [6.45, 7) is 1.39. The van der Waals surface area contributed by atoms with Crippen LogP contribution in [0.2, 0.25) is 0 Å². The average molecular weight is 290 g/mol. The van der Waals surface area contributed by atoms with Crippen LogP contribution in [0.4, 0.5) is 0 Å². The number of methoxy groups -OCH3 is 1. The molecule has 0 atom stereocenters. The fraction of sp³-hybridized carbons (Fsp3) is 0.286. The topological polar surface area (TPSA) is 94.9 Å². The third-order valence-electron chi connectivity index (χ3n) is 2.94. The minimum atomic E-state index is 0.0277. The van der Waals surface area contributed by atoms with Gasteiger partial charge in [-0.2, -0.15) is 0 Å². The van der Waals surface area contributed by atoms with Crippen molar-refractivity contribution in [3.8, 4) is 11.5 Å². The van der Waals surface area contributed by atoms with Crippen LogP contribution in [0.15, 0.2) is 42.1 Å². The number of rotatable bonds is 7. The Morgan fingerprint density at radius 1 is 1.43 bits per heavy atom. The SMILES string of the molecule is COc1cc(C(N)=NO)ccc1OCCCn1ccnc1. The van der Waals surface area contributed by atoms with Crippen molar-refractivity contribution in [3.05, 3.63) is 42.5 Å². The molecule has 2 rings (SSSR count). The van der Waals surface area contributed by atoms with E-state index in [0.29, 0.717) is 23.7 Å². The molecule has 0 aliphatic heterocycles. The maximum Gasteiger partial charge on any atom is 0.170 e. The Balaban J connectivity index is 1.93. The molecular formula is C14H18N4O3. The van der Waals surface area contributed by atoms with Crippen LogP contribution >= 0.6 is 0 Å². The van der Waals surface area contributed by atoms with Crippen LogP contribution in [-0.4, -0.2) is 34.3 Å². The number of imidazole rings is 1. The Bertz CT molecular complexity index is 596. The van der Waals surface area contributed by atoms with Crippen molar-refractivity contribution in [1.82, 2.24) is 9.55 Å². The summed E-state index contributed by atoms with van der Waals surface area (Å²) in [5, 5.41) is 11.6. The number of oxime groups is 1. The van der Waals surface area contributed by atoms with Crippen molar-refractivity contribution >= 4 is 5.84 Å². The first-order valence-electron chi connectivity index (χ1n) is 6.49. The highest BCUT2D eigenvalue weighted by Crippen LogP contribution is 2.28. The summed E-state index contributed by atoms with van der Waals surface area (Å²) in [6, 6.07) is 5.12. The summed E-state index contributed by atoms with van der Waals surface area (Å²) in [5.74, 6) is 1.19. The number of benzene rings is 1. The minimum Gasteiger partial charge on any atom is -0.493 e. The maximum absolute atomic E-state index is 8.67. The molecule has 0 fully saturated rings. The van der Waals surface area contributed by atoms with E-state index in [2.05, 4.69) is 10.1 Å². The largest absolute Gasteiger partial charge is 0.493 e. The van der Waals surface area contributed by atoms with Crippen LogP contribution in [0.25, 0.3) is 0 Å². The number of hydrogen-bond acceptors (Lipinski definition) is 5. The van der Waals surface area contributed by atoms with E-state index in [-0.39, 0.29) is 5.84 Å². The molecule has 1 aromatic heterocycles. The third-order valence-corrected chi connectivity index (χ3v) is 2.94. The quantitative estimate of drug-likeness (QED) is 0.265. The first-order chi connectivity index (χ1) is 10.2. The Morgan fingerprint density at radius 2 is 2.29 bits per heavy atom. The molecule has 1 heterocycles. The van der Waals surface area contributed by atoms with Gasteiger partial charge in [0.05, 0.1) is 20.0 Å². The van der Waals surface area contributed by atoms with Crippen LogP contribution in [0.5, 0.6) is 11.5 Å². The van der Waals surface area contributed by atoms with Gasteiger partial charge in [0.25, 0.3) is 0 Å². The van der Waals surface area contributed by atoms with Gasteiger partial charge >= 0.3 is 0 Å². The Labute approximate surface area is 122 Å². The van der Waals surface area contributed by atoms with Gasteiger partial charge in [-0.05, 0) is 24.6 Å². The predicted molar refractivity (Wildman–Crippen MR) is 77.8 cm³/mol. The molecule has 0 aliphatic rings. The van der Waals surface area contributed by atoms with Crippen molar-refractivity contribution in [3.63, 3.8) is 0 Å². The Hall–Kier alpha value is -2.70. The van der Waals surface area contributed by atoms with Gasteiger partial charge in [-0.15, -0.1) is 0 Å². The minimum absolute atomic E-state index is 0.0277. The van der Waals surface area contributed by atoms with E-state index in [9.17, 15) is 0 Å². The summed E-state index contributed by atoms with van der Waals surface area (Å²) in [6.07, 6.45) is 6.27. The zero-order valence-electron chi connectivity index (χ0n) is 11.8. The zero-order valence-corrected chi connectivity index (χ0v) is 11.8. The molecule has 0 amide bonds. The smallest absolute Gasteiger partial charge is 0.170 e. The van der Waals surface area contributed by atoms with E-state index in [0.717, 1.165) is 13.0 Å². The number of nitrogens with two attached hydrogens (primary N) is 1. The van der Waals surface area contributed by atoms with Gasteiger partial charge < -0.3 is 25.0 Å². The average Bonchev–Trinajstić information content (AvgIpc) is 3.04. The molecule has 0 radical (unpaired) electrons. The van der Waals surface area contributed by atoms with Crippen molar-refractivity contribution in [2.75, 3.05) is 13.7 Å². The lowest BCUT2D eigenvalue weighted by atomic mass is 10.2. The normalized spacial score (nSPS) is 11.4. The molecule has 0 bridgehead atoms. The lowest BCUT2D eigenvalue weighted by molar-refractivity contribution is 0.282. The molecule has 0 unspecified atom stereocenters. The van der Waals surface area contributed by atoms with Gasteiger partial charge in [-0.3, -0.25) is 0 Å². The monoisotopic (exact) mass is 290 g/mol. The molecule has 112 valence electrons. The Kier molecular flexibility index (Phi) is 5.03. The van der Waals surface area contributed by atoms with E-state index in [1.165, 1.54) is 0 Å². The summed E-state index contributed by atoms with van der Waals surface area (Å²) in [5.41, 5.74) is 6.11. The number of hydrogen-bond donors (Lipinski definition) is 2. The van der Waals surface area contributed by atoms with Crippen molar-refractivity contribution < 1.29 is 14.7 Å². The van der Waals surface area contributed by atoms with E-state index < -0.39 is 0 Å². The number of amidine groups is 1. The van der Waals surface area contributed by atoms with Crippen molar-refractivity contribution in [2.24, 2.45) is 10.9 Å². The fourth-order valence-corrected chi connectivity index (χ4v) is 1.85. The molecule has 7 heteroatoms. The second-order valence-electron chi connectivity index (χ2n) is 4.35. The van der Waals surface area contributed by atoms with Crippen LogP contribution in [-0.2, 0) is 6.54 Å². The van der Waals surface area contributed by atoms with Gasteiger partial charge in [-0.25, -0.2) is 4.98 Å². The summed E-state index contributed by atoms with van der Waals surface area (Å²) in [4.78, 5) is 3.98.